The van der Waals surface area contributed by atoms with Crippen molar-refractivity contribution in [2.75, 3.05) is 0 Å². The molecule has 94 valence electrons. The van der Waals surface area contributed by atoms with Gasteiger partial charge in [-0.1, -0.05) is 6.07 Å². The van der Waals surface area contributed by atoms with Crippen molar-refractivity contribution in [3.8, 4) is 17.2 Å². The molecule has 5 heteroatoms. The fourth-order valence-electron chi connectivity index (χ4n) is 1.10. The summed E-state index contributed by atoms with van der Waals surface area (Å²) in [5, 5.41) is 34.4. The molecular weight excluding hydrogens is 236 g/mol. The van der Waals surface area contributed by atoms with Gasteiger partial charge in [0.15, 0.2) is 0 Å². The first-order valence-corrected chi connectivity index (χ1v) is 4.99. The lowest BCUT2D eigenvalue weighted by atomic mass is 10.2. The Morgan fingerprint density at radius 3 is 1.61 bits per heavy atom. The molecule has 0 amide bonds. The summed E-state index contributed by atoms with van der Waals surface area (Å²) >= 11 is 0. The van der Waals surface area contributed by atoms with Crippen LogP contribution in [0.25, 0.3) is 0 Å². The van der Waals surface area contributed by atoms with Gasteiger partial charge in [-0.05, 0) is 36.4 Å². The minimum absolute atomic E-state index is 0.0741. The van der Waals surface area contributed by atoms with Gasteiger partial charge in [0, 0.05) is 6.07 Å². The summed E-state index contributed by atoms with van der Waals surface area (Å²) in [5.74, 6) is -0.736. The Labute approximate surface area is 103 Å². The Morgan fingerprint density at radius 2 is 1.28 bits per heavy atom. The van der Waals surface area contributed by atoms with Gasteiger partial charge in [-0.15, -0.1) is 0 Å². The molecule has 2 aromatic carbocycles. The van der Waals surface area contributed by atoms with Gasteiger partial charge in [0.2, 0.25) is 0 Å². The van der Waals surface area contributed by atoms with Crippen molar-refractivity contribution in [3.63, 3.8) is 0 Å². The van der Waals surface area contributed by atoms with Crippen molar-refractivity contribution in [2.45, 2.75) is 0 Å². The Bertz CT molecular complexity index is 502. The lowest BCUT2D eigenvalue weighted by molar-refractivity contribution is 0.0697. The molecule has 0 saturated heterocycles. The number of benzene rings is 2. The van der Waals surface area contributed by atoms with Crippen LogP contribution in [0.2, 0.25) is 0 Å². The maximum atomic E-state index is 10.2. The molecule has 0 unspecified atom stereocenters. The number of carbonyl (C=O) groups is 1. The van der Waals surface area contributed by atoms with Crippen molar-refractivity contribution < 1.29 is 25.2 Å². The van der Waals surface area contributed by atoms with Crippen molar-refractivity contribution >= 4 is 5.97 Å². The average Bonchev–Trinajstić information content (AvgIpc) is 2.30. The molecule has 2 rings (SSSR count). The molecule has 0 atom stereocenters. The van der Waals surface area contributed by atoms with Crippen LogP contribution in [0.5, 0.6) is 17.2 Å². The van der Waals surface area contributed by atoms with Crippen LogP contribution in [0.4, 0.5) is 0 Å². The smallest absolute Gasteiger partial charge is 0.335 e. The zero-order chi connectivity index (χ0) is 13.5. The summed E-state index contributed by atoms with van der Waals surface area (Å²) in [4.78, 5) is 10.2. The zero-order valence-corrected chi connectivity index (χ0v) is 9.32. The lowest BCUT2D eigenvalue weighted by Gasteiger charge is -1.92. The highest BCUT2D eigenvalue weighted by atomic mass is 16.4. The number of phenolic OH excluding ortho intramolecular Hbond substituents is 3. The molecule has 0 aliphatic carbocycles. The van der Waals surface area contributed by atoms with Gasteiger partial charge in [0.1, 0.15) is 17.2 Å². The first-order chi connectivity index (χ1) is 8.49. The zero-order valence-electron chi connectivity index (χ0n) is 9.32. The Kier molecular flexibility index (Phi) is 4.57. The standard InChI is InChI=1S/C7H6O3.C6H6O2/c8-6-3-1-5(2-4-6)7(9)10;7-5-2-1-3-6(8)4-5/h1-4,8H,(H,9,10);1-4,7-8H. The topological polar surface area (TPSA) is 98.0 Å². The lowest BCUT2D eigenvalue weighted by Crippen LogP contribution is -1.93. The fraction of sp³-hybridized carbons (Fsp3) is 0. The normalized spacial score (nSPS) is 9.11. The van der Waals surface area contributed by atoms with Crippen LogP contribution in [0.1, 0.15) is 10.4 Å². The molecule has 0 aliphatic heterocycles. The first kappa shape index (κ1) is 13.4. The van der Waals surface area contributed by atoms with Crippen molar-refractivity contribution in [3.05, 3.63) is 54.1 Å². The third-order valence-electron chi connectivity index (χ3n) is 1.94. The van der Waals surface area contributed by atoms with Crippen LogP contribution >= 0.6 is 0 Å². The molecule has 18 heavy (non-hydrogen) atoms. The second-order valence-electron chi connectivity index (χ2n) is 3.37. The molecule has 0 bridgehead atoms. The summed E-state index contributed by atoms with van der Waals surface area (Å²) in [6.07, 6.45) is 0. The molecule has 0 spiro atoms. The molecule has 0 fully saturated rings. The minimum Gasteiger partial charge on any atom is -0.508 e. The maximum absolute atomic E-state index is 10.2. The molecule has 0 heterocycles. The van der Waals surface area contributed by atoms with Crippen LogP contribution in [-0.2, 0) is 0 Å². The van der Waals surface area contributed by atoms with Gasteiger partial charge in [-0.3, -0.25) is 0 Å². The average molecular weight is 248 g/mol. The van der Waals surface area contributed by atoms with E-state index in [1.807, 2.05) is 0 Å². The SMILES string of the molecule is O=C(O)c1ccc(O)cc1.Oc1cccc(O)c1. The van der Waals surface area contributed by atoms with E-state index in [1.54, 1.807) is 6.07 Å². The quantitative estimate of drug-likeness (QED) is 0.620. The van der Waals surface area contributed by atoms with Crippen LogP contribution in [0, 0.1) is 0 Å². The first-order valence-electron chi connectivity index (χ1n) is 4.99. The Balaban J connectivity index is 0.000000184. The van der Waals surface area contributed by atoms with Gasteiger partial charge in [-0.2, -0.15) is 0 Å². The van der Waals surface area contributed by atoms with E-state index < -0.39 is 5.97 Å². The largest absolute Gasteiger partial charge is 0.508 e. The number of carboxylic acid groups (broad SMARTS) is 1. The van der Waals surface area contributed by atoms with E-state index >= 15 is 0 Å². The molecule has 0 aliphatic rings. The van der Waals surface area contributed by atoms with E-state index in [2.05, 4.69) is 0 Å². The van der Waals surface area contributed by atoms with Crippen molar-refractivity contribution in [1.29, 1.82) is 0 Å². The van der Waals surface area contributed by atoms with Crippen LogP contribution in [0.15, 0.2) is 48.5 Å². The van der Waals surface area contributed by atoms with Gasteiger partial charge >= 0.3 is 5.97 Å². The monoisotopic (exact) mass is 248 g/mol. The van der Waals surface area contributed by atoms with Crippen LogP contribution in [-0.4, -0.2) is 26.4 Å². The number of hydrogen-bond acceptors (Lipinski definition) is 4. The third-order valence-corrected chi connectivity index (χ3v) is 1.94. The third kappa shape index (κ3) is 4.44. The van der Waals surface area contributed by atoms with E-state index in [0.29, 0.717) is 0 Å². The second-order valence-corrected chi connectivity index (χ2v) is 3.37. The number of carboxylic acids is 1. The molecule has 5 nitrogen and oxygen atoms in total. The highest BCUT2D eigenvalue weighted by Crippen LogP contribution is 2.14. The summed E-state index contributed by atoms with van der Waals surface area (Å²) in [5.41, 5.74) is 0.179. The number of phenols is 3. The predicted molar refractivity (Wildman–Crippen MR) is 64.8 cm³/mol. The maximum Gasteiger partial charge on any atom is 0.335 e. The van der Waals surface area contributed by atoms with Gasteiger partial charge in [-0.25, -0.2) is 4.79 Å². The number of rotatable bonds is 1. The predicted octanol–water partition coefficient (Wildman–Crippen LogP) is 2.19. The number of aromatic hydroxyl groups is 3. The molecule has 4 N–H and O–H groups in total. The number of aromatic carboxylic acids is 1. The number of hydrogen-bond donors (Lipinski definition) is 4. The summed E-state index contributed by atoms with van der Waals surface area (Å²) in [6.45, 7) is 0. The fourth-order valence-corrected chi connectivity index (χ4v) is 1.10. The van der Waals surface area contributed by atoms with E-state index in [4.69, 9.17) is 20.4 Å². The summed E-state index contributed by atoms with van der Waals surface area (Å²) in [7, 11) is 0. The van der Waals surface area contributed by atoms with Gasteiger partial charge in [0.25, 0.3) is 0 Å². The summed E-state index contributed by atoms with van der Waals surface area (Å²) < 4.78 is 0. The molecular formula is C13H12O5. The van der Waals surface area contributed by atoms with Crippen LogP contribution < -0.4 is 0 Å². The Morgan fingerprint density at radius 1 is 0.778 bits per heavy atom. The molecule has 2 aromatic rings. The van der Waals surface area contributed by atoms with Gasteiger partial charge < -0.3 is 20.4 Å². The summed E-state index contributed by atoms with van der Waals surface area (Å²) in [6, 6.07) is 11.2. The molecule has 0 saturated carbocycles. The Hall–Kier alpha value is -2.69. The molecule has 0 radical (unpaired) electrons. The van der Waals surface area contributed by atoms with E-state index in [9.17, 15) is 4.79 Å². The van der Waals surface area contributed by atoms with Crippen LogP contribution in [0.3, 0.4) is 0 Å². The van der Waals surface area contributed by atoms with E-state index in [-0.39, 0.29) is 22.8 Å². The highest BCUT2D eigenvalue weighted by Gasteiger charge is 1.99. The van der Waals surface area contributed by atoms with E-state index in [0.717, 1.165) is 0 Å². The van der Waals surface area contributed by atoms with E-state index in [1.165, 1.54) is 42.5 Å². The van der Waals surface area contributed by atoms with Gasteiger partial charge in [0.05, 0.1) is 5.56 Å². The highest BCUT2D eigenvalue weighted by molar-refractivity contribution is 5.87. The minimum atomic E-state index is -0.986. The molecule has 0 aromatic heterocycles. The van der Waals surface area contributed by atoms with Crippen molar-refractivity contribution in [2.24, 2.45) is 0 Å². The second kappa shape index (κ2) is 6.15. The van der Waals surface area contributed by atoms with Crippen molar-refractivity contribution in [1.82, 2.24) is 0 Å².